The Balaban J connectivity index is 1.38. The highest BCUT2D eigenvalue weighted by molar-refractivity contribution is 6.30. The van der Waals surface area contributed by atoms with Gasteiger partial charge in [0.2, 0.25) is 5.91 Å². The number of oxazole rings is 1. The number of carbonyl (C=O) groups excluding carboxylic acids is 1. The van der Waals surface area contributed by atoms with Crippen LogP contribution in [-0.2, 0) is 17.8 Å². The Labute approximate surface area is 210 Å². The number of halogens is 3. The van der Waals surface area contributed by atoms with Gasteiger partial charge in [-0.15, -0.1) is 0 Å². The highest BCUT2D eigenvalue weighted by atomic mass is 35.5. The maximum atomic E-state index is 14.0. The van der Waals surface area contributed by atoms with Crippen LogP contribution in [0.1, 0.15) is 17.7 Å². The molecule has 0 aliphatic carbocycles. The third kappa shape index (κ3) is 5.06. The van der Waals surface area contributed by atoms with Gasteiger partial charge in [0.05, 0.1) is 11.0 Å². The molecule has 0 radical (unpaired) electrons. The minimum atomic E-state index is -0.463. The van der Waals surface area contributed by atoms with Crippen molar-refractivity contribution in [2.24, 2.45) is 0 Å². The first-order chi connectivity index (χ1) is 17.0. The molecule has 1 amide bonds. The highest BCUT2D eigenvalue weighted by Gasteiger charge is 2.19. The molecule has 0 aliphatic heterocycles. The van der Waals surface area contributed by atoms with Crippen molar-refractivity contribution >= 4 is 40.1 Å². The van der Waals surface area contributed by atoms with E-state index < -0.39 is 5.82 Å². The maximum Gasteiger partial charge on any atom is 0.308 e. The van der Waals surface area contributed by atoms with E-state index in [1.807, 2.05) is 36.4 Å². The summed E-state index contributed by atoms with van der Waals surface area (Å²) >= 11 is 11.8. The van der Waals surface area contributed by atoms with Gasteiger partial charge in [-0.2, -0.15) is 4.98 Å². The van der Waals surface area contributed by atoms with Gasteiger partial charge in [0.25, 0.3) is 0 Å². The number of imidazole rings is 1. The Kier molecular flexibility index (Phi) is 6.53. The van der Waals surface area contributed by atoms with Gasteiger partial charge < -0.3 is 9.73 Å². The molecule has 0 fully saturated rings. The van der Waals surface area contributed by atoms with Gasteiger partial charge in [-0.25, -0.2) is 9.37 Å². The van der Waals surface area contributed by atoms with Gasteiger partial charge in [0.1, 0.15) is 23.6 Å². The summed E-state index contributed by atoms with van der Waals surface area (Å²) < 4.78 is 21.9. The van der Waals surface area contributed by atoms with Crippen LogP contribution in [0.15, 0.2) is 77.5 Å². The Morgan fingerprint density at radius 3 is 2.60 bits per heavy atom. The molecular weight excluding hydrogens is 490 g/mol. The summed E-state index contributed by atoms with van der Waals surface area (Å²) in [5.74, 6) is -0.157. The highest BCUT2D eigenvalue weighted by Crippen LogP contribution is 2.29. The minimum absolute atomic E-state index is 0.0640. The normalized spacial score (nSPS) is 11.2. The summed E-state index contributed by atoms with van der Waals surface area (Å²) in [6.07, 6.45) is 2.08. The monoisotopic (exact) mass is 508 g/mol. The van der Waals surface area contributed by atoms with Crippen molar-refractivity contribution in [1.29, 1.82) is 0 Å². The SMILES string of the molecule is O=C(CCc1oc(-n2cnc3ccccc32)nc1-c1ccc(Cl)cc1)NCc1ccc(Cl)cc1F. The predicted molar refractivity (Wildman–Crippen MR) is 133 cm³/mol. The van der Waals surface area contributed by atoms with Gasteiger partial charge in [-0.1, -0.05) is 53.5 Å². The second kappa shape index (κ2) is 9.90. The summed E-state index contributed by atoms with van der Waals surface area (Å²) in [6, 6.07) is 19.6. The second-order valence-electron chi connectivity index (χ2n) is 7.89. The fourth-order valence-electron chi connectivity index (χ4n) is 3.73. The number of carbonyl (C=O) groups is 1. The average Bonchev–Trinajstić information content (AvgIpc) is 3.47. The third-order valence-electron chi connectivity index (χ3n) is 5.53. The Morgan fingerprint density at radius 1 is 1.03 bits per heavy atom. The van der Waals surface area contributed by atoms with Crippen LogP contribution in [0.4, 0.5) is 4.39 Å². The smallest absolute Gasteiger partial charge is 0.308 e. The number of nitrogens with one attached hydrogen (secondary N) is 1. The van der Waals surface area contributed by atoms with Crippen molar-refractivity contribution in [3.05, 3.63) is 100 Å². The molecule has 2 heterocycles. The summed E-state index contributed by atoms with van der Waals surface area (Å²) in [6.45, 7) is 0.0640. The number of aromatic nitrogens is 3. The number of fused-ring (bicyclic) bond motifs is 1. The van der Waals surface area contributed by atoms with Crippen molar-refractivity contribution in [3.63, 3.8) is 0 Å². The molecule has 3 aromatic carbocycles. The molecule has 5 aromatic rings. The van der Waals surface area contributed by atoms with Crippen LogP contribution in [0, 0.1) is 5.82 Å². The molecule has 6 nitrogen and oxygen atoms in total. The lowest BCUT2D eigenvalue weighted by Gasteiger charge is -2.07. The number of hydrogen-bond acceptors (Lipinski definition) is 4. The average molecular weight is 509 g/mol. The van der Waals surface area contributed by atoms with Crippen molar-refractivity contribution in [1.82, 2.24) is 19.9 Å². The van der Waals surface area contributed by atoms with Crippen molar-refractivity contribution in [2.75, 3.05) is 0 Å². The maximum absolute atomic E-state index is 14.0. The fraction of sp³-hybridized carbons (Fsp3) is 0.115. The van der Waals surface area contributed by atoms with E-state index in [4.69, 9.17) is 32.6 Å². The lowest BCUT2D eigenvalue weighted by Crippen LogP contribution is -2.23. The molecule has 0 unspecified atom stereocenters. The molecule has 0 aliphatic rings. The summed E-state index contributed by atoms with van der Waals surface area (Å²) in [5.41, 5.74) is 3.46. The largest absolute Gasteiger partial charge is 0.427 e. The fourth-order valence-corrected chi connectivity index (χ4v) is 4.02. The summed E-state index contributed by atoms with van der Waals surface area (Å²) in [4.78, 5) is 21.6. The first-order valence-corrected chi connectivity index (χ1v) is 11.6. The van der Waals surface area contributed by atoms with Gasteiger partial charge in [0.15, 0.2) is 0 Å². The van der Waals surface area contributed by atoms with Crippen LogP contribution in [0.3, 0.4) is 0 Å². The van der Waals surface area contributed by atoms with Crippen molar-refractivity contribution in [3.8, 4) is 17.3 Å². The molecule has 0 saturated heterocycles. The first kappa shape index (κ1) is 23.1. The Hall–Kier alpha value is -3.68. The zero-order valence-corrected chi connectivity index (χ0v) is 19.9. The van der Waals surface area contributed by atoms with Crippen LogP contribution in [-0.4, -0.2) is 20.4 Å². The standard InChI is InChI=1S/C26H19Cl2FN4O2/c27-18-8-5-16(6-9-18)25-23(11-12-24(34)30-14-17-7-10-19(28)13-20(17)29)35-26(32-25)33-15-31-21-3-1-2-4-22(21)33/h1-10,13,15H,11-12,14H2,(H,30,34). The van der Waals surface area contributed by atoms with Crippen LogP contribution in [0.2, 0.25) is 10.0 Å². The van der Waals surface area contributed by atoms with E-state index in [2.05, 4.69) is 10.3 Å². The van der Waals surface area contributed by atoms with Gasteiger partial charge in [-0.3, -0.25) is 9.36 Å². The molecule has 2 aromatic heterocycles. The number of hydrogen-bond donors (Lipinski definition) is 1. The molecule has 5 rings (SSSR count). The van der Waals surface area contributed by atoms with Crippen molar-refractivity contribution in [2.45, 2.75) is 19.4 Å². The lowest BCUT2D eigenvalue weighted by atomic mass is 10.1. The van der Waals surface area contributed by atoms with E-state index in [9.17, 15) is 9.18 Å². The van der Waals surface area contributed by atoms with Crippen molar-refractivity contribution < 1.29 is 13.6 Å². The second-order valence-corrected chi connectivity index (χ2v) is 8.76. The number of nitrogens with zero attached hydrogens (tertiary/aromatic N) is 3. The molecule has 35 heavy (non-hydrogen) atoms. The number of para-hydroxylation sites is 2. The Bertz CT molecular complexity index is 1510. The molecule has 0 atom stereocenters. The van der Waals surface area contributed by atoms with E-state index in [0.717, 1.165) is 16.6 Å². The van der Waals surface area contributed by atoms with E-state index >= 15 is 0 Å². The number of rotatable bonds is 7. The lowest BCUT2D eigenvalue weighted by molar-refractivity contribution is -0.121. The van der Waals surface area contributed by atoms with Crippen LogP contribution in [0.25, 0.3) is 28.3 Å². The van der Waals surface area contributed by atoms with E-state index in [1.54, 1.807) is 35.2 Å². The summed E-state index contributed by atoms with van der Waals surface area (Å²) in [5, 5.41) is 3.65. The van der Waals surface area contributed by atoms with Gasteiger partial charge in [-0.05, 0) is 36.4 Å². The summed E-state index contributed by atoms with van der Waals surface area (Å²) in [7, 11) is 0. The zero-order chi connectivity index (χ0) is 24.4. The molecular formula is C26H19Cl2FN4O2. The van der Waals surface area contributed by atoms with E-state index in [-0.39, 0.29) is 18.9 Å². The zero-order valence-electron chi connectivity index (χ0n) is 18.3. The molecule has 0 spiro atoms. The van der Waals surface area contributed by atoms with E-state index in [0.29, 0.717) is 39.5 Å². The third-order valence-corrected chi connectivity index (χ3v) is 6.02. The van der Waals surface area contributed by atoms with Crippen LogP contribution < -0.4 is 5.32 Å². The quantitative estimate of drug-likeness (QED) is 0.277. The number of aryl methyl sites for hydroxylation is 1. The topological polar surface area (TPSA) is 73.0 Å². The number of benzene rings is 3. The molecule has 9 heteroatoms. The molecule has 0 saturated carbocycles. The minimum Gasteiger partial charge on any atom is -0.427 e. The van der Waals surface area contributed by atoms with Crippen LogP contribution in [0.5, 0.6) is 0 Å². The van der Waals surface area contributed by atoms with Gasteiger partial charge in [0, 0.05) is 40.6 Å². The Morgan fingerprint density at radius 2 is 1.80 bits per heavy atom. The van der Waals surface area contributed by atoms with Crippen LogP contribution >= 0.6 is 23.2 Å². The number of amides is 1. The predicted octanol–water partition coefficient (Wildman–Crippen LogP) is 6.38. The van der Waals surface area contributed by atoms with Gasteiger partial charge >= 0.3 is 6.01 Å². The molecule has 1 N–H and O–H groups in total. The van der Waals surface area contributed by atoms with E-state index in [1.165, 1.54) is 6.07 Å². The first-order valence-electron chi connectivity index (χ1n) is 10.9. The molecule has 0 bridgehead atoms. The molecule has 176 valence electrons.